The molecule has 0 radical (unpaired) electrons. The van der Waals surface area contributed by atoms with E-state index in [1.807, 2.05) is 0 Å². The number of amides is 2. The molecule has 100 valence electrons. The quantitative estimate of drug-likeness (QED) is 0.630. The Morgan fingerprint density at radius 3 is 2.22 bits per heavy atom. The van der Waals surface area contributed by atoms with E-state index in [1.54, 1.807) is 0 Å². The van der Waals surface area contributed by atoms with Crippen LogP contribution in [-0.2, 0) is 6.54 Å². The lowest BCUT2D eigenvalue weighted by Gasteiger charge is -2.14. The third-order valence-electron chi connectivity index (χ3n) is 1.89. The molecule has 0 fully saturated rings. The smallest absolute Gasteiger partial charge is 0.346 e. The fourth-order valence-electron chi connectivity index (χ4n) is 1.24. The molecule has 0 bridgehead atoms. The van der Waals surface area contributed by atoms with Gasteiger partial charge in [0.05, 0.1) is 0 Å². The molecular formula is C10H13ClF2N4O. The number of rotatable bonds is 2. The summed E-state index contributed by atoms with van der Waals surface area (Å²) in [6.07, 6.45) is 0. The summed E-state index contributed by atoms with van der Waals surface area (Å²) in [6.45, 7) is 0.00426. The molecule has 8 heteroatoms. The maximum Gasteiger partial charge on any atom is 0.346 e. The van der Waals surface area contributed by atoms with Crippen LogP contribution in [0.5, 0.6) is 0 Å². The molecule has 0 saturated carbocycles. The zero-order chi connectivity index (χ0) is 13.0. The third kappa shape index (κ3) is 4.96. The van der Waals surface area contributed by atoms with Crippen molar-refractivity contribution in [3.8, 4) is 0 Å². The SMILES string of the molecule is CN(Cc1cc(F)cc(F)c1)C(=O)N=C(N)N.Cl. The standard InChI is InChI=1S/C10H12F2N4O.ClH/c1-16(10(17)15-9(13)14)5-6-2-7(11)4-8(12)3-6;/h2-4H,5H2,1H3,(H4,13,14,15,17);1H. The Kier molecular flexibility index (Phi) is 6.04. The maximum absolute atomic E-state index is 12.9. The fraction of sp³-hybridized carbons (Fsp3) is 0.200. The summed E-state index contributed by atoms with van der Waals surface area (Å²) in [5.41, 5.74) is 10.4. The molecule has 1 aromatic carbocycles. The highest BCUT2D eigenvalue weighted by Crippen LogP contribution is 2.10. The van der Waals surface area contributed by atoms with Crippen molar-refractivity contribution >= 4 is 24.4 Å². The van der Waals surface area contributed by atoms with Gasteiger partial charge in [-0.05, 0) is 17.7 Å². The molecule has 0 unspecified atom stereocenters. The molecule has 4 N–H and O–H groups in total. The van der Waals surface area contributed by atoms with Crippen LogP contribution in [0.15, 0.2) is 23.2 Å². The number of carbonyl (C=O) groups excluding carboxylic acids is 1. The summed E-state index contributed by atoms with van der Waals surface area (Å²) in [7, 11) is 1.41. The largest absolute Gasteiger partial charge is 0.370 e. The molecule has 0 heterocycles. The Labute approximate surface area is 109 Å². The first-order chi connectivity index (χ1) is 7.88. The number of aliphatic imine (C=N–C) groups is 1. The van der Waals surface area contributed by atoms with Crippen LogP contribution in [0.1, 0.15) is 5.56 Å². The molecule has 0 aromatic heterocycles. The summed E-state index contributed by atoms with van der Waals surface area (Å²) in [6, 6.07) is 2.32. The van der Waals surface area contributed by atoms with E-state index in [1.165, 1.54) is 7.05 Å². The minimum atomic E-state index is -0.706. The number of urea groups is 1. The third-order valence-corrected chi connectivity index (χ3v) is 1.89. The molecule has 18 heavy (non-hydrogen) atoms. The van der Waals surface area contributed by atoms with Crippen LogP contribution in [0.4, 0.5) is 13.6 Å². The van der Waals surface area contributed by atoms with Gasteiger partial charge in [0.15, 0.2) is 5.96 Å². The van der Waals surface area contributed by atoms with Crippen molar-refractivity contribution in [1.82, 2.24) is 4.90 Å². The van der Waals surface area contributed by atoms with Crippen LogP contribution in [-0.4, -0.2) is 23.9 Å². The molecule has 0 aliphatic rings. The van der Waals surface area contributed by atoms with E-state index in [0.717, 1.165) is 23.1 Å². The number of halogens is 3. The van der Waals surface area contributed by atoms with E-state index < -0.39 is 17.7 Å². The molecular weight excluding hydrogens is 266 g/mol. The molecule has 0 aliphatic carbocycles. The van der Waals surface area contributed by atoms with E-state index in [9.17, 15) is 13.6 Å². The highest BCUT2D eigenvalue weighted by atomic mass is 35.5. The number of hydrogen-bond donors (Lipinski definition) is 2. The minimum Gasteiger partial charge on any atom is -0.370 e. The first kappa shape index (κ1) is 16.1. The first-order valence-corrected chi connectivity index (χ1v) is 4.68. The average molecular weight is 279 g/mol. The molecule has 0 spiro atoms. The lowest BCUT2D eigenvalue weighted by Crippen LogP contribution is -2.29. The predicted molar refractivity (Wildman–Crippen MR) is 66.3 cm³/mol. The average Bonchev–Trinajstić information content (AvgIpc) is 2.14. The topological polar surface area (TPSA) is 84.7 Å². The number of carbonyl (C=O) groups is 1. The molecule has 0 aliphatic heterocycles. The number of guanidine groups is 1. The summed E-state index contributed by atoms with van der Waals surface area (Å²) >= 11 is 0. The summed E-state index contributed by atoms with van der Waals surface area (Å²) < 4.78 is 25.8. The lowest BCUT2D eigenvalue weighted by atomic mass is 10.2. The second-order valence-electron chi connectivity index (χ2n) is 3.45. The van der Waals surface area contributed by atoms with E-state index in [0.29, 0.717) is 5.56 Å². The van der Waals surface area contributed by atoms with Crippen LogP contribution in [0.25, 0.3) is 0 Å². The van der Waals surface area contributed by atoms with E-state index >= 15 is 0 Å². The lowest BCUT2D eigenvalue weighted by molar-refractivity contribution is 0.217. The highest BCUT2D eigenvalue weighted by molar-refractivity contribution is 5.90. The summed E-state index contributed by atoms with van der Waals surface area (Å²) in [5.74, 6) is -1.78. The van der Waals surface area contributed by atoms with Crippen molar-refractivity contribution in [2.75, 3.05) is 7.05 Å². The van der Waals surface area contributed by atoms with Gasteiger partial charge in [-0.3, -0.25) is 0 Å². The van der Waals surface area contributed by atoms with Gasteiger partial charge in [0.25, 0.3) is 0 Å². The van der Waals surface area contributed by atoms with Crippen LogP contribution < -0.4 is 11.5 Å². The molecule has 2 amide bonds. The van der Waals surface area contributed by atoms with Gasteiger partial charge in [-0.1, -0.05) is 0 Å². The Balaban J connectivity index is 0.00000289. The van der Waals surface area contributed by atoms with Crippen molar-refractivity contribution in [2.24, 2.45) is 16.5 Å². The second-order valence-corrected chi connectivity index (χ2v) is 3.45. The monoisotopic (exact) mass is 278 g/mol. The molecule has 0 saturated heterocycles. The maximum atomic E-state index is 12.9. The fourth-order valence-corrected chi connectivity index (χ4v) is 1.24. The minimum absolute atomic E-state index is 0. The van der Waals surface area contributed by atoms with Gasteiger partial charge < -0.3 is 16.4 Å². The Morgan fingerprint density at radius 2 is 1.78 bits per heavy atom. The van der Waals surface area contributed by atoms with Gasteiger partial charge in [0, 0.05) is 19.7 Å². The summed E-state index contributed by atoms with van der Waals surface area (Å²) in [5, 5.41) is 0. The van der Waals surface area contributed by atoms with Gasteiger partial charge in [-0.2, -0.15) is 4.99 Å². The molecule has 1 aromatic rings. The van der Waals surface area contributed by atoms with Crippen LogP contribution >= 0.6 is 12.4 Å². The number of nitrogens with zero attached hydrogens (tertiary/aromatic N) is 2. The zero-order valence-electron chi connectivity index (χ0n) is 9.56. The number of benzene rings is 1. The summed E-state index contributed by atoms with van der Waals surface area (Å²) in [4.78, 5) is 15.7. The van der Waals surface area contributed by atoms with E-state index in [2.05, 4.69) is 4.99 Å². The van der Waals surface area contributed by atoms with Crippen molar-refractivity contribution in [1.29, 1.82) is 0 Å². The molecule has 1 rings (SSSR count). The normalized spacial score (nSPS) is 9.28. The van der Waals surface area contributed by atoms with Gasteiger partial charge in [-0.15, -0.1) is 12.4 Å². The predicted octanol–water partition coefficient (Wildman–Crippen LogP) is 1.21. The number of nitrogens with two attached hydrogens (primary N) is 2. The Morgan fingerprint density at radius 1 is 1.28 bits per heavy atom. The van der Waals surface area contributed by atoms with E-state index in [4.69, 9.17) is 11.5 Å². The van der Waals surface area contributed by atoms with Crippen molar-refractivity contribution in [3.63, 3.8) is 0 Å². The van der Waals surface area contributed by atoms with Crippen molar-refractivity contribution in [3.05, 3.63) is 35.4 Å². The highest BCUT2D eigenvalue weighted by Gasteiger charge is 2.09. The number of hydrogen-bond acceptors (Lipinski definition) is 1. The Hall–Kier alpha value is -1.89. The van der Waals surface area contributed by atoms with Crippen molar-refractivity contribution < 1.29 is 13.6 Å². The molecule has 0 atom stereocenters. The van der Waals surface area contributed by atoms with Gasteiger partial charge >= 0.3 is 6.03 Å². The van der Waals surface area contributed by atoms with Gasteiger partial charge in [0.2, 0.25) is 0 Å². The van der Waals surface area contributed by atoms with Gasteiger partial charge in [-0.25, -0.2) is 13.6 Å². The van der Waals surface area contributed by atoms with E-state index in [-0.39, 0.29) is 24.9 Å². The Bertz CT molecular complexity index is 443. The molecule has 5 nitrogen and oxygen atoms in total. The first-order valence-electron chi connectivity index (χ1n) is 4.68. The van der Waals surface area contributed by atoms with Crippen LogP contribution in [0.2, 0.25) is 0 Å². The van der Waals surface area contributed by atoms with Crippen LogP contribution in [0, 0.1) is 11.6 Å². The van der Waals surface area contributed by atoms with Gasteiger partial charge in [0.1, 0.15) is 11.6 Å². The van der Waals surface area contributed by atoms with Crippen LogP contribution in [0.3, 0.4) is 0 Å². The zero-order valence-corrected chi connectivity index (χ0v) is 10.4. The second kappa shape index (κ2) is 6.75. The van der Waals surface area contributed by atoms with Crippen molar-refractivity contribution in [2.45, 2.75) is 6.54 Å².